The van der Waals surface area contributed by atoms with E-state index in [2.05, 4.69) is 5.32 Å². The number of halogens is 3. The predicted molar refractivity (Wildman–Crippen MR) is 143 cm³/mol. The fourth-order valence-corrected chi connectivity index (χ4v) is 4.75. The topological polar surface area (TPSA) is 123 Å². The van der Waals surface area contributed by atoms with E-state index in [0.29, 0.717) is 22.8 Å². The minimum Gasteiger partial charge on any atom is -0.544 e. The highest BCUT2D eigenvalue weighted by Crippen LogP contribution is 2.41. The summed E-state index contributed by atoms with van der Waals surface area (Å²) in [5.41, 5.74) is -0.616. The quantitative estimate of drug-likeness (QED) is 0.156. The Morgan fingerprint density at radius 3 is 2.37 bits per heavy atom. The number of ether oxygens (including phenoxy) is 3. The summed E-state index contributed by atoms with van der Waals surface area (Å²) in [6.07, 6.45) is -5.83. The van der Waals surface area contributed by atoms with Gasteiger partial charge in [0.05, 0.1) is 33.4 Å². The van der Waals surface area contributed by atoms with E-state index >= 15 is 0 Å². The highest BCUT2D eigenvalue weighted by molar-refractivity contribution is 7.18. The van der Waals surface area contributed by atoms with Gasteiger partial charge in [-0.05, 0) is 36.8 Å². The average Bonchev–Trinajstić information content (AvgIpc) is 3.33. The summed E-state index contributed by atoms with van der Waals surface area (Å²) in [6.45, 7) is 1.51. The predicted octanol–water partition coefficient (Wildman–Crippen LogP) is 6.51. The van der Waals surface area contributed by atoms with Gasteiger partial charge in [0.15, 0.2) is 0 Å². The first-order chi connectivity index (χ1) is 19.5. The Hall–Kier alpha value is -4.78. The second-order valence-corrected chi connectivity index (χ2v) is 9.69. The summed E-state index contributed by atoms with van der Waals surface area (Å²) in [7, 11) is 1.54. The molecule has 214 valence electrons. The van der Waals surface area contributed by atoms with E-state index in [1.807, 2.05) is 0 Å². The van der Waals surface area contributed by atoms with Crippen LogP contribution >= 0.6 is 11.3 Å². The van der Waals surface area contributed by atoms with Crippen LogP contribution in [0.3, 0.4) is 0 Å². The number of nitro groups is 1. The van der Waals surface area contributed by atoms with Gasteiger partial charge in [0.2, 0.25) is 0 Å². The molecule has 41 heavy (non-hydrogen) atoms. The van der Waals surface area contributed by atoms with Crippen molar-refractivity contribution >= 4 is 33.7 Å². The highest BCUT2D eigenvalue weighted by Gasteiger charge is 2.35. The number of anilines is 2. The van der Waals surface area contributed by atoms with Crippen LogP contribution in [-0.4, -0.2) is 18.0 Å². The molecular formula is C28H22F3N2O7S-. The van der Waals surface area contributed by atoms with Crippen LogP contribution in [0.15, 0.2) is 72.8 Å². The molecule has 1 atom stereocenters. The number of aromatic carboxylic acids is 1. The zero-order chi connectivity index (χ0) is 29.7. The Balaban J connectivity index is 1.58. The standard InChI is InChI=1S/C28H23F3N2O7S/c1-16(20-5-3-4-6-21(20)28(29,30)31)40-24-14-25(41-26(24)27(34)35)32-22-13-19(11-12-23(22)33(36)37)39-15-17-7-9-18(38-2)10-8-17/h3-14,16,32H,15H2,1-2H3,(H,34,35)/p-1/t16-/m1/s1. The SMILES string of the molecule is COc1ccc(COc2ccc([N+](=O)[O-])c(Nc3cc(O[C@H](C)c4ccccc4C(F)(F)F)c(C(=O)[O-])s3)c2)cc1. The Labute approximate surface area is 235 Å². The summed E-state index contributed by atoms with van der Waals surface area (Å²) in [5.74, 6) is -0.916. The summed E-state index contributed by atoms with van der Waals surface area (Å²) >= 11 is 0.654. The van der Waals surface area contributed by atoms with E-state index in [1.54, 1.807) is 31.4 Å². The number of carbonyl (C=O) groups is 1. The molecule has 4 rings (SSSR count). The van der Waals surface area contributed by atoms with E-state index in [-0.39, 0.29) is 34.3 Å². The molecule has 0 aliphatic rings. The minimum atomic E-state index is -4.65. The van der Waals surface area contributed by atoms with Crippen molar-refractivity contribution in [2.24, 2.45) is 0 Å². The minimum absolute atomic E-state index is 0.00426. The molecule has 1 N–H and O–H groups in total. The number of benzene rings is 3. The van der Waals surface area contributed by atoms with Crippen molar-refractivity contribution in [1.29, 1.82) is 0 Å². The first kappa shape index (κ1) is 29.2. The molecule has 0 radical (unpaired) electrons. The van der Waals surface area contributed by atoms with Crippen LogP contribution in [0.25, 0.3) is 0 Å². The van der Waals surface area contributed by atoms with Crippen molar-refractivity contribution in [1.82, 2.24) is 0 Å². The van der Waals surface area contributed by atoms with Crippen LogP contribution in [0.2, 0.25) is 0 Å². The van der Waals surface area contributed by atoms with E-state index in [4.69, 9.17) is 14.2 Å². The number of methoxy groups -OCH3 is 1. The van der Waals surface area contributed by atoms with Crippen LogP contribution in [0.4, 0.5) is 29.5 Å². The summed E-state index contributed by atoms with van der Waals surface area (Å²) in [4.78, 5) is 22.4. The highest BCUT2D eigenvalue weighted by atomic mass is 32.1. The van der Waals surface area contributed by atoms with Crippen molar-refractivity contribution < 1.29 is 42.2 Å². The monoisotopic (exact) mass is 587 g/mol. The Morgan fingerprint density at radius 1 is 1.05 bits per heavy atom. The molecule has 0 saturated carbocycles. The average molecular weight is 588 g/mol. The lowest BCUT2D eigenvalue weighted by atomic mass is 10.0. The van der Waals surface area contributed by atoms with Crippen LogP contribution in [0.5, 0.6) is 17.2 Å². The van der Waals surface area contributed by atoms with Gasteiger partial charge in [-0.25, -0.2) is 0 Å². The summed E-state index contributed by atoms with van der Waals surface area (Å²) in [5, 5.41) is 26.4. The van der Waals surface area contributed by atoms with Gasteiger partial charge >= 0.3 is 6.18 Å². The van der Waals surface area contributed by atoms with Crippen molar-refractivity contribution in [2.75, 3.05) is 12.4 Å². The maximum atomic E-state index is 13.5. The third kappa shape index (κ3) is 7.06. The maximum Gasteiger partial charge on any atom is 0.416 e. The van der Waals surface area contributed by atoms with Crippen LogP contribution in [0, 0.1) is 10.1 Å². The zero-order valence-electron chi connectivity index (χ0n) is 21.6. The van der Waals surface area contributed by atoms with Gasteiger partial charge < -0.3 is 29.4 Å². The molecule has 0 bridgehead atoms. The van der Waals surface area contributed by atoms with Crippen LogP contribution in [0.1, 0.15) is 39.4 Å². The molecule has 9 nitrogen and oxygen atoms in total. The molecule has 1 aromatic heterocycles. The lowest BCUT2D eigenvalue weighted by molar-refractivity contribution is -0.383. The van der Waals surface area contributed by atoms with E-state index in [0.717, 1.165) is 11.6 Å². The maximum absolute atomic E-state index is 13.5. The number of carboxylic acid groups (broad SMARTS) is 1. The van der Waals surface area contributed by atoms with E-state index in [1.165, 1.54) is 49.4 Å². The largest absolute Gasteiger partial charge is 0.544 e. The van der Waals surface area contributed by atoms with Crippen molar-refractivity contribution in [3.63, 3.8) is 0 Å². The van der Waals surface area contributed by atoms with Crippen molar-refractivity contribution in [2.45, 2.75) is 25.8 Å². The molecule has 13 heteroatoms. The molecule has 0 fully saturated rings. The number of hydrogen-bond acceptors (Lipinski definition) is 9. The molecule has 0 aliphatic carbocycles. The number of nitrogens with zero attached hydrogens (tertiary/aromatic N) is 1. The van der Waals surface area contributed by atoms with Gasteiger partial charge in [-0.1, -0.05) is 30.3 Å². The fraction of sp³-hybridized carbons (Fsp3) is 0.179. The third-order valence-electron chi connectivity index (χ3n) is 5.88. The summed E-state index contributed by atoms with van der Waals surface area (Å²) in [6, 6.07) is 17.2. The number of carboxylic acids is 1. The number of nitrogens with one attached hydrogen (secondary N) is 1. The van der Waals surface area contributed by atoms with Gasteiger partial charge in [-0.15, -0.1) is 11.3 Å². The van der Waals surface area contributed by atoms with Gasteiger partial charge in [0.1, 0.15) is 35.6 Å². The van der Waals surface area contributed by atoms with Gasteiger partial charge in [-0.2, -0.15) is 13.2 Å². The van der Waals surface area contributed by atoms with Crippen molar-refractivity contribution in [3.8, 4) is 17.2 Å². The van der Waals surface area contributed by atoms with Crippen LogP contribution in [-0.2, 0) is 12.8 Å². The molecule has 3 aromatic carbocycles. The van der Waals surface area contributed by atoms with E-state index < -0.39 is 33.6 Å². The lowest BCUT2D eigenvalue weighted by Gasteiger charge is -2.20. The van der Waals surface area contributed by atoms with Gasteiger partial charge in [0, 0.05) is 23.8 Å². The van der Waals surface area contributed by atoms with E-state index in [9.17, 15) is 33.2 Å². The number of thiophene rings is 1. The summed E-state index contributed by atoms with van der Waals surface area (Å²) < 4.78 is 57.0. The molecular weight excluding hydrogens is 565 g/mol. The fourth-order valence-electron chi connectivity index (χ4n) is 3.91. The second kappa shape index (κ2) is 12.2. The molecule has 0 spiro atoms. The van der Waals surface area contributed by atoms with Crippen LogP contribution < -0.4 is 24.6 Å². The molecule has 0 aliphatic heterocycles. The third-order valence-corrected chi connectivity index (χ3v) is 6.89. The number of hydrogen-bond donors (Lipinski definition) is 1. The smallest absolute Gasteiger partial charge is 0.416 e. The van der Waals surface area contributed by atoms with Gasteiger partial charge in [-0.3, -0.25) is 10.1 Å². The molecule has 0 amide bonds. The Bertz CT molecular complexity index is 1560. The molecule has 4 aromatic rings. The molecule has 0 unspecified atom stereocenters. The molecule has 0 saturated heterocycles. The Morgan fingerprint density at radius 2 is 1.73 bits per heavy atom. The first-order valence-electron chi connectivity index (χ1n) is 12.0. The number of alkyl halides is 3. The number of nitro benzene ring substituents is 1. The Kier molecular flexibility index (Phi) is 8.67. The normalized spacial score (nSPS) is 11.9. The zero-order valence-corrected chi connectivity index (χ0v) is 22.4. The molecule has 1 heterocycles. The van der Waals surface area contributed by atoms with Crippen molar-refractivity contribution in [3.05, 3.63) is 104 Å². The lowest BCUT2D eigenvalue weighted by Crippen LogP contribution is -2.22. The van der Waals surface area contributed by atoms with Gasteiger partial charge in [0.25, 0.3) is 5.69 Å². The second-order valence-electron chi connectivity index (χ2n) is 8.63. The number of rotatable bonds is 11. The number of carbonyl (C=O) groups excluding carboxylic acids is 1. The first-order valence-corrected chi connectivity index (χ1v) is 12.8.